The molecule has 34 heavy (non-hydrogen) atoms. The minimum Gasteiger partial charge on any atom is -0.482 e. The average molecular weight is 461 g/mol. The molecular weight excluding hydrogens is 432 g/mol. The Kier molecular flexibility index (Phi) is 5.55. The average Bonchev–Trinajstić information content (AvgIpc) is 3.53. The van der Waals surface area contributed by atoms with Crippen LogP contribution in [0.3, 0.4) is 0 Å². The van der Waals surface area contributed by atoms with Crippen molar-refractivity contribution in [3.05, 3.63) is 60.6 Å². The Bertz CT molecular complexity index is 1220. The van der Waals surface area contributed by atoms with Gasteiger partial charge in [-0.1, -0.05) is 26.8 Å². The molecule has 0 radical (unpaired) electrons. The van der Waals surface area contributed by atoms with Crippen molar-refractivity contribution in [2.75, 3.05) is 24.6 Å². The zero-order valence-corrected chi connectivity index (χ0v) is 19.6. The summed E-state index contributed by atoms with van der Waals surface area (Å²) < 4.78 is 7.42. The van der Waals surface area contributed by atoms with Crippen LogP contribution in [0.4, 0.5) is 5.69 Å². The quantitative estimate of drug-likeness (QED) is 0.594. The van der Waals surface area contributed by atoms with Crippen LogP contribution in [0.15, 0.2) is 49.3 Å². The Hall–Kier alpha value is -3.75. The minimum atomic E-state index is -0.218. The third kappa shape index (κ3) is 4.13. The van der Waals surface area contributed by atoms with E-state index in [9.17, 15) is 9.59 Å². The largest absolute Gasteiger partial charge is 0.482 e. The van der Waals surface area contributed by atoms with Crippen molar-refractivity contribution < 1.29 is 14.3 Å². The molecule has 4 heterocycles. The Morgan fingerprint density at radius 1 is 1.21 bits per heavy atom. The molecule has 1 atom stereocenters. The number of carbonyl (C=O) groups excluding carboxylic acids is 2. The van der Waals surface area contributed by atoms with Crippen LogP contribution in [-0.4, -0.2) is 55.9 Å². The van der Waals surface area contributed by atoms with Gasteiger partial charge in [-0.3, -0.25) is 24.0 Å². The third-order valence-electron chi connectivity index (χ3n) is 6.39. The van der Waals surface area contributed by atoms with Crippen LogP contribution in [0.5, 0.6) is 5.75 Å². The van der Waals surface area contributed by atoms with E-state index >= 15 is 0 Å². The summed E-state index contributed by atoms with van der Waals surface area (Å²) in [4.78, 5) is 42.8. The van der Waals surface area contributed by atoms with Crippen LogP contribution in [-0.2, 0) is 15.0 Å². The molecule has 0 bridgehead atoms. The van der Waals surface area contributed by atoms with Gasteiger partial charge >= 0.3 is 0 Å². The Morgan fingerprint density at radius 3 is 2.82 bits per heavy atom. The predicted molar refractivity (Wildman–Crippen MR) is 126 cm³/mol. The van der Waals surface area contributed by atoms with E-state index in [0.717, 1.165) is 24.1 Å². The molecule has 1 unspecified atom stereocenters. The highest BCUT2D eigenvalue weighted by atomic mass is 16.5. The first-order chi connectivity index (χ1) is 16.3. The second kappa shape index (κ2) is 8.55. The van der Waals surface area contributed by atoms with Crippen LogP contribution >= 0.6 is 0 Å². The van der Waals surface area contributed by atoms with Crippen molar-refractivity contribution in [2.45, 2.75) is 45.1 Å². The lowest BCUT2D eigenvalue weighted by molar-refractivity contribution is -0.132. The number of hydrogen-bond acceptors (Lipinski definition) is 6. The van der Waals surface area contributed by atoms with Gasteiger partial charge in [0.05, 0.1) is 29.8 Å². The van der Waals surface area contributed by atoms with Crippen molar-refractivity contribution in [1.29, 1.82) is 0 Å². The molecule has 0 spiro atoms. The Balaban J connectivity index is 1.39. The molecule has 3 aromatic rings. The molecule has 176 valence electrons. The molecule has 2 amide bonds. The van der Waals surface area contributed by atoms with Crippen molar-refractivity contribution in [3.8, 4) is 11.6 Å². The third-order valence-corrected chi connectivity index (χ3v) is 6.39. The van der Waals surface area contributed by atoms with E-state index in [0.29, 0.717) is 23.8 Å². The summed E-state index contributed by atoms with van der Waals surface area (Å²) in [5.41, 5.74) is 2.37. The molecule has 2 aliphatic heterocycles. The fourth-order valence-electron chi connectivity index (χ4n) is 4.49. The molecule has 1 aromatic carbocycles. The van der Waals surface area contributed by atoms with Gasteiger partial charge in [-0.05, 0) is 36.0 Å². The van der Waals surface area contributed by atoms with Crippen LogP contribution in [0.1, 0.15) is 50.9 Å². The van der Waals surface area contributed by atoms with E-state index in [-0.39, 0.29) is 36.4 Å². The summed E-state index contributed by atoms with van der Waals surface area (Å²) in [6, 6.07) is 5.67. The molecule has 9 heteroatoms. The van der Waals surface area contributed by atoms with Gasteiger partial charge in [-0.15, -0.1) is 0 Å². The minimum absolute atomic E-state index is 0.0338. The summed E-state index contributed by atoms with van der Waals surface area (Å²) in [7, 11) is 0. The highest BCUT2D eigenvalue weighted by molar-refractivity contribution is 6.02. The van der Waals surface area contributed by atoms with E-state index in [1.807, 2.05) is 23.1 Å². The molecule has 1 saturated heterocycles. The maximum atomic E-state index is 13.5. The topological polar surface area (TPSA) is 93.5 Å². The van der Waals surface area contributed by atoms with Crippen molar-refractivity contribution in [3.63, 3.8) is 0 Å². The molecule has 5 rings (SSSR count). The lowest BCUT2D eigenvalue weighted by atomic mass is 9.86. The number of benzene rings is 1. The number of anilines is 1. The van der Waals surface area contributed by atoms with Crippen LogP contribution in [0.2, 0.25) is 0 Å². The molecule has 0 aliphatic carbocycles. The summed E-state index contributed by atoms with van der Waals surface area (Å²) in [5, 5.41) is 0. The zero-order valence-electron chi connectivity index (χ0n) is 19.6. The highest BCUT2D eigenvalue weighted by Gasteiger charge is 2.35. The second-order valence-electron chi connectivity index (χ2n) is 9.72. The lowest BCUT2D eigenvalue weighted by Crippen LogP contribution is -2.46. The number of imidazole rings is 1. The standard InChI is InChI=1S/C25H28N6O3/c1-25(2,3)17-6-7-21-20(11-17)31(24(33)15-34-21)14-23(32)30-9-4-5-19(30)18-12-27-13-22(28-18)29-10-8-26-16-29/h6-8,10-13,16,19H,4-5,9,14-15H2,1-3H3. The number of likely N-dealkylation sites (tertiary alicyclic amines) is 1. The van der Waals surface area contributed by atoms with Crippen LogP contribution in [0.25, 0.3) is 5.82 Å². The molecule has 0 saturated carbocycles. The second-order valence-corrected chi connectivity index (χ2v) is 9.72. The maximum Gasteiger partial charge on any atom is 0.265 e. The van der Waals surface area contributed by atoms with Gasteiger partial charge in [0.1, 0.15) is 18.6 Å². The van der Waals surface area contributed by atoms with Gasteiger partial charge in [0.15, 0.2) is 12.4 Å². The van der Waals surface area contributed by atoms with E-state index < -0.39 is 0 Å². The van der Waals surface area contributed by atoms with Gasteiger partial charge in [0.25, 0.3) is 5.91 Å². The Labute approximate surface area is 198 Å². The summed E-state index contributed by atoms with van der Waals surface area (Å²) >= 11 is 0. The number of nitrogens with zero attached hydrogens (tertiary/aromatic N) is 6. The number of ether oxygens (including phenoxy) is 1. The van der Waals surface area contributed by atoms with Crippen LogP contribution in [0, 0.1) is 0 Å². The Morgan fingerprint density at radius 2 is 2.06 bits per heavy atom. The molecular formula is C25H28N6O3. The van der Waals surface area contributed by atoms with Gasteiger partial charge in [0, 0.05) is 18.9 Å². The summed E-state index contributed by atoms with van der Waals surface area (Å²) in [6.07, 6.45) is 10.2. The molecule has 9 nitrogen and oxygen atoms in total. The van der Waals surface area contributed by atoms with Crippen molar-refractivity contribution in [2.24, 2.45) is 0 Å². The fraction of sp³-hybridized carbons (Fsp3) is 0.400. The number of carbonyl (C=O) groups is 2. The van der Waals surface area contributed by atoms with E-state index in [2.05, 4.69) is 30.7 Å². The predicted octanol–water partition coefficient (Wildman–Crippen LogP) is 3.05. The van der Waals surface area contributed by atoms with E-state index in [1.165, 1.54) is 0 Å². The first kappa shape index (κ1) is 22.1. The van der Waals surface area contributed by atoms with Gasteiger partial charge in [-0.2, -0.15) is 0 Å². The fourth-order valence-corrected chi connectivity index (χ4v) is 4.49. The maximum absolute atomic E-state index is 13.5. The number of rotatable bonds is 4. The van der Waals surface area contributed by atoms with Crippen molar-refractivity contribution in [1.82, 2.24) is 24.4 Å². The lowest BCUT2D eigenvalue weighted by Gasteiger charge is -2.33. The number of fused-ring (bicyclic) bond motifs is 1. The molecule has 2 aromatic heterocycles. The van der Waals surface area contributed by atoms with Crippen molar-refractivity contribution >= 4 is 17.5 Å². The van der Waals surface area contributed by atoms with E-state index in [4.69, 9.17) is 9.72 Å². The van der Waals surface area contributed by atoms with Gasteiger partial charge in [-0.25, -0.2) is 9.97 Å². The number of hydrogen-bond donors (Lipinski definition) is 0. The monoisotopic (exact) mass is 460 g/mol. The van der Waals surface area contributed by atoms with Crippen LogP contribution < -0.4 is 9.64 Å². The first-order valence-corrected chi connectivity index (χ1v) is 11.5. The zero-order chi connectivity index (χ0) is 23.9. The smallest absolute Gasteiger partial charge is 0.265 e. The molecule has 1 fully saturated rings. The number of aromatic nitrogens is 4. The summed E-state index contributed by atoms with van der Waals surface area (Å²) in [6.45, 7) is 6.86. The van der Waals surface area contributed by atoms with E-state index in [1.54, 1.807) is 40.6 Å². The van der Waals surface area contributed by atoms with Gasteiger partial charge in [0.2, 0.25) is 5.91 Å². The SMILES string of the molecule is CC(C)(C)c1ccc2c(c1)N(CC(=O)N1CCCC1c1cncc(-n3ccnc3)n1)C(=O)CO2. The first-order valence-electron chi connectivity index (χ1n) is 11.5. The van der Waals surface area contributed by atoms with Gasteiger partial charge < -0.3 is 9.64 Å². The highest BCUT2D eigenvalue weighted by Crippen LogP contribution is 2.37. The number of amides is 2. The molecule has 2 aliphatic rings. The molecule has 0 N–H and O–H groups in total. The summed E-state index contributed by atoms with van der Waals surface area (Å²) in [5.74, 6) is 0.947. The normalized spacial score (nSPS) is 18.1.